The fourth-order valence-electron chi connectivity index (χ4n) is 5.55. The van der Waals surface area contributed by atoms with E-state index in [1.807, 2.05) is 6.92 Å². The maximum Gasteiger partial charge on any atom is 0.314 e. The highest BCUT2D eigenvalue weighted by atomic mass is 16.5. The predicted molar refractivity (Wildman–Crippen MR) is 128 cm³/mol. The molecule has 0 aliphatic heterocycles. The molecule has 0 radical (unpaired) electrons. The largest absolute Gasteiger partial charge is 0.427 e. The lowest BCUT2D eigenvalue weighted by Crippen LogP contribution is -2.30. The summed E-state index contributed by atoms with van der Waals surface area (Å²) < 4.78 is 10.9. The highest BCUT2D eigenvalue weighted by molar-refractivity contribution is 5.75. The first-order chi connectivity index (χ1) is 15.6. The van der Waals surface area contributed by atoms with Gasteiger partial charge in [-0.1, -0.05) is 52.4 Å². The minimum atomic E-state index is -0.220. The van der Waals surface area contributed by atoms with Gasteiger partial charge in [-0.3, -0.25) is 9.59 Å². The first-order valence-corrected chi connectivity index (χ1v) is 13.1. The maximum atomic E-state index is 12.7. The van der Waals surface area contributed by atoms with Crippen molar-refractivity contribution in [2.75, 3.05) is 0 Å². The Hall–Kier alpha value is -1.84. The summed E-state index contributed by atoms with van der Waals surface area (Å²) in [5, 5.41) is 0. The second-order valence-electron chi connectivity index (χ2n) is 10.0. The van der Waals surface area contributed by atoms with Crippen LogP contribution in [0.15, 0.2) is 24.3 Å². The van der Waals surface area contributed by atoms with Gasteiger partial charge in [0.25, 0.3) is 0 Å². The third-order valence-electron chi connectivity index (χ3n) is 7.64. The summed E-state index contributed by atoms with van der Waals surface area (Å²) in [5.41, 5.74) is 0. The van der Waals surface area contributed by atoms with Crippen molar-refractivity contribution < 1.29 is 19.1 Å². The third kappa shape index (κ3) is 7.64. The molecule has 3 rings (SSSR count). The Morgan fingerprint density at radius 1 is 0.750 bits per heavy atom. The van der Waals surface area contributed by atoms with E-state index in [9.17, 15) is 9.59 Å². The van der Waals surface area contributed by atoms with Crippen LogP contribution in [0, 0.1) is 23.7 Å². The fraction of sp³-hybridized carbons (Fsp3) is 0.714. The van der Waals surface area contributed by atoms with Crippen LogP contribution in [-0.2, 0) is 9.59 Å². The predicted octanol–water partition coefficient (Wildman–Crippen LogP) is 7.49. The van der Waals surface area contributed by atoms with Crippen LogP contribution in [0.3, 0.4) is 0 Å². The second kappa shape index (κ2) is 13.0. The average molecular weight is 443 g/mol. The molecule has 0 bridgehead atoms. The zero-order valence-electron chi connectivity index (χ0n) is 20.2. The van der Waals surface area contributed by atoms with Gasteiger partial charge in [-0.25, -0.2) is 0 Å². The van der Waals surface area contributed by atoms with Crippen molar-refractivity contribution in [3.63, 3.8) is 0 Å². The Labute approximate surface area is 194 Å². The molecule has 0 N–H and O–H groups in total. The lowest BCUT2D eigenvalue weighted by atomic mass is 9.68. The van der Waals surface area contributed by atoms with Gasteiger partial charge in [0.05, 0.1) is 5.92 Å². The van der Waals surface area contributed by atoms with Gasteiger partial charge in [0.15, 0.2) is 0 Å². The zero-order valence-corrected chi connectivity index (χ0v) is 20.2. The molecule has 4 nitrogen and oxygen atoms in total. The number of hydrogen-bond donors (Lipinski definition) is 0. The lowest BCUT2D eigenvalue weighted by Gasteiger charge is -2.37. The fourth-order valence-corrected chi connectivity index (χ4v) is 5.55. The number of carbonyl (C=O) groups is 2. The van der Waals surface area contributed by atoms with Gasteiger partial charge in [-0.2, -0.15) is 0 Å². The van der Waals surface area contributed by atoms with Crippen molar-refractivity contribution in [1.82, 2.24) is 0 Å². The van der Waals surface area contributed by atoms with Gasteiger partial charge >= 0.3 is 11.9 Å². The van der Waals surface area contributed by atoms with E-state index in [0.717, 1.165) is 56.3 Å². The summed E-state index contributed by atoms with van der Waals surface area (Å²) in [6.07, 6.45) is 16.2. The van der Waals surface area contributed by atoms with Crippen LogP contribution in [0.4, 0.5) is 0 Å². The van der Waals surface area contributed by atoms with Gasteiger partial charge < -0.3 is 9.47 Å². The minimum absolute atomic E-state index is 0.0127. The number of benzene rings is 1. The molecule has 0 saturated heterocycles. The van der Waals surface area contributed by atoms with E-state index < -0.39 is 0 Å². The van der Waals surface area contributed by atoms with Crippen LogP contribution >= 0.6 is 0 Å². The Bertz CT molecular complexity index is 695. The summed E-state index contributed by atoms with van der Waals surface area (Å²) in [6, 6.07) is 6.81. The number of unbranched alkanes of at least 4 members (excludes halogenated alkanes) is 2. The molecule has 2 fully saturated rings. The third-order valence-corrected chi connectivity index (χ3v) is 7.64. The van der Waals surface area contributed by atoms with E-state index in [1.54, 1.807) is 24.3 Å². The molecule has 0 unspecified atom stereocenters. The molecule has 4 heteroatoms. The van der Waals surface area contributed by atoms with Crippen LogP contribution in [0.1, 0.15) is 104 Å². The quantitative estimate of drug-likeness (QED) is 0.278. The monoisotopic (exact) mass is 442 g/mol. The topological polar surface area (TPSA) is 52.6 Å². The van der Waals surface area contributed by atoms with Gasteiger partial charge in [-0.15, -0.1) is 0 Å². The second-order valence-corrected chi connectivity index (χ2v) is 10.0. The smallest absolute Gasteiger partial charge is 0.314 e. The van der Waals surface area contributed by atoms with E-state index in [0.29, 0.717) is 17.9 Å². The van der Waals surface area contributed by atoms with Crippen molar-refractivity contribution >= 4 is 11.9 Å². The van der Waals surface area contributed by atoms with Crippen molar-refractivity contribution in [3.8, 4) is 11.5 Å². The summed E-state index contributed by atoms with van der Waals surface area (Å²) in [7, 11) is 0. The maximum absolute atomic E-state index is 12.7. The van der Waals surface area contributed by atoms with Crippen LogP contribution in [0.2, 0.25) is 0 Å². The Kier molecular flexibility index (Phi) is 10.1. The highest BCUT2D eigenvalue weighted by Crippen LogP contribution is 2.42. The molecule has 178 valence electrons. The lowest BCUT2D eigenvalue weighted by molar-refractivity contribution is -0.140. The van der Waals surface area contributed by atoms with E-state index >= 15 is 0 Å². The van der Waals surface area contributed by atoms with Gasteiger partial charge in [-0.05, 0) is 87.0 Å². The molecule has 0 spiro atoms. The van der Waals surface area contributed by atoms with Crippen molar-refractivity contribution in [3.05, 3.63) is 24.3 Å². The summed E-state index contributed by atoms with van der Waals surface area (Å²) in [6.45, 7) is 4.33. The van der Waals surface area contributed by atoms with E-state index in [1.165, 1.54) is 44.9 Å². The normalized spacial score (nSPS) is 25.8. The minimum Gasteiger partial charge on any atom is -0.427 e. The van der Waals surface area contributed by atoms with Crippen LogP contribution in [-0.4, -0.2) is 11.9 Å². The molecular formula is C28H42O4. The first kappa shape index (κ1) is 24.8. The Morgan fingerprint density at radius 3 is 1.84 bits per heavy atom. The zero-order chi connectivity index (χ0) is 22.8. The Morgan fingerprint density at radius 2 is 1.28 bits per heavy atom. The first-order valence-electron chi connectivity index (χ1n) is 13.1. The molecule has 0 atom stereocenters. The van der Waals surface area contributed by atoms with Crippen molar-refractivity contribution in [1.29, 1.82) is 0 Å². The number of esters is 2. The number of hydrogen-bond acceptors (Lipinski definition) is 4. The average Bonchev–Trinajstić information content (AvgIpc) is 2.83. The van der Waals surface area contributed by atoms with Gasteiger partial charge in [0, 0.05) is 6.42 Å². The molecular weight excluding hydrogens is 400 g/mol. The van der Waals surface area contributed by atoms with Crippen molar-refractivity contribution in [2.24, 2.45) is 23.7 Å². The highest BCUT2D eigenvalue weighted by Gasteiger charge is 2.33. The van der Waals surface area contributed by atoms with Crippen LogP contribution in [0.5, 0.6) is 11.5 Å². The molecule has 0 aromatic heterocycles. The van der Waals surface area contributed by atoms with Gasteiger partial charge in [0.1, 0.15) is 11.5 Å². The summed E-state index contributed by atoms with van der Waals surface area (Å²) >= 11 is 0. The Balaban J connectivity index is 1.38. The molecule has 0 amide bonds. The number of carbonyl (C=O) groups excluding carboxylic acids is 2. The molecule has 32 heavy (non-hydrogen) atoms. The van der Waals surface area contributed by atoms with Crippen molar-refractivity contribution in [2.45, 2.75) is 104 Å². The molecule has 0 heterocycles. The molecule has 2 aliphatic carbocycles. The van der Waals surface area contributed by atoms with E-state index in [2.05, 4.69) is 6.92 Å². The molecule has 2 aliphatic rings. The molecule has 2 saturated carbocycles. The van der Waals surface area contributed by atoms with E-state index in [-0.39, 0.29) is 17.9 Å². The van der Waals surface area contributed by atoms with Crippen LogP contribution < -0.4 is 9.47 Å². The van der Waals surface area contributed by atoms with E-state index in [4.69, 9.17) is 9.47 Å². The van der Waals surface area contributed by atoms with Gasteiger partial charge in [0.2, 0.25) is 0 Å². The number of rotatable bonds is 10. The molecule has 1 aromatic carbocycles. The number of ether oxygens (including phenoxy) is 2. The molecule has 1 aromatic rings. The summed E-state index contributed by atoms with van der Waals surface area (Å²) in [5.74, 6) is 3.33. The van der Waals surface area contributed by atoms with Crippen LogP contribution in [0.25, 0.3) is 0 Å². The SMILES string of the molecule is CCCCC(=O)Oc1ccc(OC(=O)C2CCC(C3CCC(CCCC)CC3)CC2)cc1. The standard InChI is InChI=1S/C28H42O4/c1-3-5-7-21-9-11-22(12-10-21)23-13-15-24(16-14-23)28(30)32-26-19-17-25(18-20-26)31-27(29)8-6-4-2/h17-24H,3-16H2,1-2H3. The summed E-state index contributed by atoms with van der Waals surface area (Å²) in [4.78, 5) is 24.4.